The molecular formula is H2AlFeMgO3Si. The van der Waals surface area contributed by atoms with E-state index in [1.165, 1.54) is 0 Å². The van der Waals surface area contributed by atoms with Crippen LogP contribution in [-0.2, 0) is 21.5 Å². The Labute approximate surface area is 83.1 Å². The summed E-state index contributed by atoms with van der Waals surface area (Å²) < 4.78 is 8.52. The van der Waals surface area contributed by atoms with Crippen LogP contribution in [0.3, 0.4) is 0 Å². The topological polar surface area (TPSA) is 63.2 Å². The van der Waals surface area contributed by atoms with Gasteiger partial charge < -0.3 is 16.9 Å². The molecule has 3 radical (unpaired) electrons. The van der Waals surface area contributed by atoms with Crippen molar-refractivity contribution in [1.29, 1.82) is 0 Å². The molecule has 0 atom stereocenters. The van der Waals surface area contributed by atoms with Crippen LogP contribution in [0.5, 0.6) is 0 Å². The summed E-state index contributed by atoms with van der Waals surface area (Å²) in [5, 5.41) is 0. The largest absolute Gasteiger partial charge is 2.00 e. The van der Waals surface area contributed by atoms with E-state index in [1.54, 1.807) is 0 Å². The summed E-state index contributed by atoms with van der Waals surface area (Å²) >= 11 is 0. The van der Waals surface area contributed by atoms with Crippen LogP contribution < -0.4 is 9.59 Å². The van der Waals surface area contributed by atoms with Crippen molar-refractivity contribution in [2.24, 2.45) is 0 Å². The summed E-state index contributed by atoms with van der Waals surface area (Å²) in [6.45, 7) is 0. The fourth-order valence-electron chi connectivity index (χ4n) is 0. The first kappa shape index (κ1) is 23.7. The van der Waals surface area contributed by atoms with Gasteiger partial charge in [-0.25, -0.2) is 0 Å². The van der Waals surface area contributed by atoms with Gasteiger partial charge >= 0.3 is 40.1 Å². The monoisotopic (exact) mass is 185 g/mol. The first-order chi connectivity index (χ1) is 1.73. The molecule has 0 saturated heterocycles. The molecule has 3 nitrogen and oxygen atoms in total. The maximum atomic E-state index is 8.52. The fourth-order valence-corrected chi connectivity index (χ4v) is 0. The molecular weight excluding hydrogens is 183 g/mol. The molecule has 0 rings (SSSR count). The van der Waals surface area contributed by atoms with Crippen molar-refractivity contribution in [3.8, 4) is 0 Å². The third-order valence-corrected chi connectivity index (χ3v) is 0. The molecule has 7 heavy (non-hydrogen) atoms. The standard InChI is InChI=1S/Al.Fe.Mg.O3Si.2H/c;;;1-4(2)3;;/q;2*+2;-2;2*-1. The molecule has 7 heteroatoms. The molecule has 0 spiro atoms. The van der Waals surface area contributed by atoms with Crippen LogP contribution in [0, 0.1) is 0 Å². The maximum absolute atomic E-state index is 8.52. The normalized spacial score (nSPS) is 3.43. The second-order valence-corrected chi connectivity index (χ2v) is 0.750. The van der Waals surface area contributed by atoms with Crippen molar-refractivity contribution in [3.05, 3.63) is 0 Å². The van der Waals surface area contributed by atoms with E-state index >= 15 is 0 Å². The van der Waals surface area contributed by atoms with Crippen molar-refractivity contribution in [1.82, 2.24) is 0 Å². The Morgan fingerprint density at radius 3 is 1.43 bits per heavy atom. The summed E-state index contributed by atoms with van der Waals surface area (Å²) in [7, 11) is -3.63. The first-order valence-electron chi connectivity index (χ1n) is 0.612. The van der Waals surface area contributed by atoms with E-state index in [0.717, 1.165) is 0 Å². The average molecular weight is 185 g/mol. The van der Waals surface area contributed by atoms with E-state index < -0.39 is 9.17 Å². The van der Waals surface area contributed by atoms with Crippen LogP contribution in [-0.4, -0.2) is 49.6 Å². The molecule has 0 aromatic rings. The smallest absolute Gasteiger partial charge is 1.00 e. The number of hydrogen-bond donors (Lipinski definition) is 0. The zero-order chi connectivity index (χ0) is 3.58. The Kier molecular flexibility index (Phi) is 53.0. The van der Waals surface area contributed by atoms with Crippen molar-refractivity contribution in [3.63, 3.8) is 0 Å². The van der Waals surface area contributed by atoms with Gasteiger partial charge in [0.2, 0.25) is 0 Å². The molecule has 0 bridgehead atoms. The van der Waals surface area contributed by atoms with Crippen molar-refractivity contribution >= 4 is 49.6 Å². The minimum atomic E-state index is -3.63. The van der Waals surface area contributed by atoms with Crippen LogP contribution in [0.1, 0.15) is 2.85 Å². The molecule has 0 aliphatic heterocycles. The maximum Gasteiger partial charge on any atom is 2.00 e. The summed E-state index contributed by atoms with van der Waals surface area (Å²) in [6.07, 6.45) is 0. The van der Waals surface area contributed by atoms with Gasteiger partial charge in [0.1, 0.15) is 0 Å². The predicted molar refractivity (Wildman–Crippen MR) is 20.2 cm³/mol. The van der Waals surface area contributed by atoms with Gasteiger partial charge in [-0.1, -0.05) is 0 Å². The molecule has 0 aromatic carbocycles. The van der Waals surface area contributed by atoms with Crippen LogP contribution in [0.4, 0.5) is 0 Å². The summed E-state index contributed by atoms with van der Waals surface area (Å²) in [4.78, 5) is 17.0. The number of rotatable bonds is 0. The van der Waals surface area contributed by atoms with E-state index in [2.05, 4.69) is 0 Å². The van der Waals surface area contributed by atoms with Gasteiger partial charge in [-0.05, 0) is 0 Å². The molecule has 37 valence electrons. The fraction of sp³-hybridized carbons (Fsp3) is 0. The number of hydrogen-bond acceptors (Lipinski definition) is 3. The van der Waals surface area contributed by atoms with Gasteiger partial charge in [-0.2, -0.15) is 0 Å². The first-order valence-corrected chi connectivity index (χ1v) is 1.84. The molecule has 0 heterocycles. The van der Waals surface area contributed by atoms with E-state index in [-0.39, 0.29) is 60.3 Å². The zero-order valence-corrected chi connectivity index (χ0v) is 8.04. The Hall–Kier alpha value is 1.44. The predicted octanol–water partition coefficient (Wildman–Crippen LogP) is -3.42. The molecule has 0 unspecified atom stereocenters. The molecule has 0 aliphatic carbocycles. The SMILES string of the molecule is O=[Si]([O-])[O-].[Al].[Fe+2].[H-].[H-].[Mg+2]. The minimum absolute atomic E-state index is 0. The van der Waals surface area contributed by atoms with Gasteiger partial charge in [-0.3, -0.25) is 0 Å². The molecule has 0 amide bonds. The summed E-state index contributed by atoms with van der Waals surface area (Å²) in [6, 6.07) is 0. The van der Waals surface area contributed by atoms with Gasteiger partial charge in [0, 0.05) is 26.5 Å². The second kappa shape index (κ2) is 15.7. The van der Waals surface area contributed by atoms with Crippen molar-refractivity contribution < 1.29 is 34.0 Å². The van der Waals surface area contributed by atoms with Crippen LogP contribution in [0.2, 0.25) is 0 Å². The van der Waals surface area contributed by atoms with Gasteiger partial charge in [0.25, 0.3) is 0 Å². The third-order valence-electron chi connectivity index (χ3n) is 0. The summed E-state index contributed by atoms with van der Waals surface area (Å²) in [5.74, 6) is 0. The van der Waals surface area contributed by atoms with Gasteiger partial charge in [-0.15, -0.1) is 0 Å². The summed E-state index contributed by atoms with van der Waals surface area (Å²) in [5.41, 5.74) is 0. The van der Waals surface area contributed by atoms with Crippen molar-refractivity contribution in [2.75, 3.05) is 0 Å². The second-order valence-electron chi connectivity index (χ2n) is 0.250. The van der Waals surface area contributed by atoms with E-state index in [9.17, 15) is 0 Å². The average Bonchev–Trinajstić information content (AvgIpc) is 0.811. The Morgan fingerprint density at radius 1 is 1.43 bits per heavy atom. The quantitative estimate of drug-likeness (QED) is 0.369. The van der Waals surface area contributed by atoms with Crippen LogP contribution in [0.25, 0.3) is 0 Å². The molecule has 0 saturated carbocycles. The molecule has 0 aromatic heterocycles. The van der Waals surface area contributed by atoms with E-state index in [1.807, 2.05) is 0 Å². The Balaban J connectivity index is -0.00000000450. The van der Waals surface area contributed by atoms with Gasteiger partial charge in [0.05, 0.1) is 0 Å². The molecule has 0 N–H and O–H groups in total. The zero-order valence-electron chi connectivity index (χ0n) is 5.36. The third kappa shape index (κ3) is 107. The molecule has 0 fully saturated rings. The Morgan fingerprint density at radius 2 is 1.43 bits per heavy atom. The van der Waals surface area contributed by atoms with E-state index in [4.69, 9.17) is 14.1 Å². The van der Waals surface area contributed by atoms with Crippen molar-refractivity contribution in [2.45, 2.75) is 0 Å². The van der Waals surface area contributed by atoms with Gasteiger partial charge in [0.15, 0.2) is 0 Å². The minimum Gasteiger partial charge on any atom is -1.00 e. The Bertz CT molecular complexity index is 44.8. The van der Waals surface area contributed by atoms with Crippen LogP contribution >= 0.6 is 0 Å². The van der Waals surface area contributed by atoms with E-state index in [0.29, 0.717) is 0 Å². The molecule has 0 aliphatic rings. The van der Waals surface area contributed by atoms with Crippen LogP contribution in [0.15, 0.2) is 0 Å².